The van der Waals surface area contributed by atoms with E-state index in [0.717, 1.165) is 6.42 Å². The van der Waals surface area contributed by atoms with Crippen LogP contribution in [0.2, 0.25) is 0 Å². The highest BCUT2D eigenvalue weighted by Crippen LogP contribution is 2.09. The van der Waals surface area contributed by atoms with E-state index in [-0.39, 0.29) is 30.6 Å². The van der Waals surface area contributed by atoms with Gasteiger partial charge in [-0.3, -0.25) is 14.4 Å². The molecule has 0 saturated carbocycles. The maximum absolute atomic E-state index is 11.7. The second-order valence-corrected chi connectivity index (χ2v) is 4.68. The summed E-state index contributed by atoms with van der Waals surface area (Å²) in [4.78, 5) is 32.9. The van der Waals surface area contributed by atoms with Gasteiger partial charge >= 0.3 is 5.97 Å². The second kappa shape index (κ2) is 7.50. The van der Waals surface area contributed by atoms with Gasteiger partial charge in [0.25, 0.3) is 5.91 Å². The zero-order chi connectivity index (χ0) is 14.3. The predicted molar refractivity (Wildman–Crippen MR) is 68.5 cm³/mol. The maximum Gasteiger partial charge on any atom is 0.303 e. The van der Waals surface area contributed by atoms with Crippen LogP contribution in [-0.4, -0.2) is 35.1 Å². The Hall–Kier alpha value is -1.92. The first-order chi connectivity index (χ1) is 8.99. The van der Waals surface area contributed by atoms with E-state index < -0.39 is 5.97 Å². The molecule has 0 aromatic heterocycles. The lowest BCUT2D eigenvalue weighted by Crippen LogP contribution is -2.37. The van der Waals surface area contributed by atoms with Gasteiger partial charge < -0.3 is 10.4 Å². The summed E-state index contributed by atoms with van der Waals surface area (Å²) in [6, 6.07) is 0. The number of carboxylic acid groups (broad SMARTS) is 1. The van der Waals surface area contributed by atoms with E-state index in [4.69, 9.17) is 5.11 Å². The molecule has 106 valence electrons. The molecule has 1 rings (SSSR count). The van der Waals surface area contributed by atoms with Crippen LogP contribution in [0.4, 0.5) is 0 Å². The van der Waals surface area contributed by atoms with Crippen LogP contribution in [0.25, 0.3) is 0 Å². The van der Waals surface area contributed by atoms with Gasteiger partial charge in [-0.2, -0.15) is 5.10 Å². The van der Waals surface area contributed by atoms with Gasteiger partial charge in [-0.05, 0) is 18.8 Å². The molecule has 1 unspecified atom stereocenters. The maximum atomic E-state index is 11.7. The predicted octanol–water partition coefficient (Wildman–Crippen LogP) is 0.260. The van der Waals surface area contributed by atoms with Gasteiger partial charge in [-0.25, -0.2) is 5.43 Å². The fraction of sp³-hybridized carbons (Fsp3) is 0.667. The quantitative estimate of drug-likeness (QED) is 0.616. The summed E-state index contributed by atoms with van der Waals surface area (Å²) < 4.78 is 0. The fourth-order valence-electron chi connectivity index (χ4n) is 1.69. The largest absolute Gasteiger partial charge is 0.481 e. The molecule has 0 radical (unpaired) electrons. The van der Waals surface area contributed by atoms with E-state index in [1.54, 1.807) is 0 Å². The second-order valence-electron chi connectivity index (χ2n) is 4.68. The van der Waals surface area contributed by atoms with Crippen LogP contribution in [0.15, 0.2) is 5.10 Å². The van der Waals surface area contributed by atoms with Crippen molar-refractivity contribution in [3.63, 3.8) is 0 Å². The van der Waals surface area contributed by atoms with Crippen LogP contribution in [-0.2, 0) is 14.4 Å². The number of hydrazone groups is 1. The lowest BCUT2D eigenvalue weighted by atomic mass is 10.0. The van der Waals surface area contributed by atoms with Crippen LogP contribution in [0.3, 0.4) is 0 Å². The van der Waals surface area contributed by atoms with E-state index in [9.17, 15) is 14.4 Å². The number of hydrogen-bond donors (Lipinski definition) is 3. The number of carbonyl (C=O) groups excluding carboxylic acids is 2. The minimum atomic E-state index is -0.803. The Labute approximate surface area is 111 Å². The van der Waals surface area contributed by atoms with E-state index in [0.29, 0.717) is 25.1 Å². The van der Waals surface area contributed by atoms with E-state index in [1.165, 1.54) is 0 Å². The summed E-state index contributed by atoms with van der Waals surface area (Å²) in [7, 11) is 0. The van der Waals surface area contributed by atoms with Crippen molar-refractivity contribution in [1.29, 1.82) is 0 Å². The summed E-state index contributed by atoms with van der Waals surface area (Å²) in [5, 5.41) is 15.0. The SMILES string of the molecule is CC(CCNC(=O)C1=NNC(=O)CC1)CCC(=O)O. The molecule has 2 amide bonds. The molecule has 1 atom stereocenters. The lowest BCUT2D eigenvalue weighted by molar-refractivity contribution is -0.137. The number of rotatable bonds is 7. The minimum Gasteiger partial charge on any atom is -0.481 e. The summed E-state index contributed by atoms with van der Waals surface area (Å²) in [5.74, 6) is -1.02. The number of hydrogen-bond acceptors (Lipinski definition) is 4. The average molecular weight is 269 g/mol. The van der Waals surface area contributed by atoms with Crippen LogP contribution in [0.1, 0.15) is 39.0 Å². The van der Waals surface area contributed by atoms with Crippen molar-refractivity contribution in [2.75, 3.05) is 6.54 Å². The highest BCUT2D eigenvalue weighted by Gasteiger charge is 2.17. The molecule has 0 aliphatic carbocycles. The first-order valence-electron chi connectivity index (χ1n) is 6.34. The Kier molecular flexibility index (Phi) is 5.98. The monoisotopic (exact) mass is 269 g/mol. The Morgan fingerprint density at radius 2 is 2.16 bits per heavy atom. The Balaban J connectivity index is 2.20. The van der Waals surface area contributed by atoms with Crippen molar-refractivity contribution < 1.29 is 19.5 Å². The molecule has 0 bridgehead atoms. The molecule has 3 N–H and O–H groups in total. The van der Waals surface area contributed by atoms with Gasteiger partial charge in [0.05, 0.1) is 0 Å². The van der Waals surface area contributed by atoms with Gasteiger partial charge in [0.15, 0.2) is 0 Å². The Bertz CT molecular complexity index is 392. The van der Waals surface area contributed by atoms with Crippen molar-refractivity contribution in [2.45, 2.75) is 39.0 Å². The molecule has 1 aliphatic rings. The lowest BCUT2D eigenvalue weighted by Gasteiger charge is -2.13. The van der Waals surface area contributed by atoms with Crippen LogP contribution in [0, 0.1) is 5.92 Å². The van der Waals surface area contributed by atoms with Gasteiger partial charge in [0.2, 0.25) is 5.91 Å². The van der Waals surface area contributed by atoms with Crippen LogP contribution < -0.4 is 10.7 Å². The van der Waals surface area contributed by atoms with Crippen molar-refractivity contribution in [3.8, 4) is 0 Å². The third-order valence-electron chi connectivity index (χ3n) is 2.94. The molecule has 7 heteroatoms. The van der Waals surface area contributed by atoms with Crippen molar-refractivity contribution in [1.82, 2.24) is 10.7 Å². The van der Waals surface area contributed by atoms with Crippen molar-refractivity contribution in [2.24, 2.45) is 11.0 Å². The molecule has 19 heavy (non-hydrogen) atoms. The first kappa shape index (κ1) is 15.1. The van der Waals surface area contributed by atoms with Crippen LogP contribution >= 0.6 is 0 Å². The topological polar surface area (TPSA) is 108 Å². The molecular formula is C12H19N3O4. The number of aliphatic carboxylic acids is 1. The zero-order valence-corrected chi connectivity index (χ0v) is 10.9. The van der Waals surface area contributed by atoms with Gasteiger partial charge in [0.1, 0.15) is 5.71 Å². The third-order valence-corrected chi connectivity index (χ3v) is 2.94. The molecule has 7 nitrogen and oxygen atoms in total. The highest BCUT2D eigenvalue weighted by atomic mass is 16.4. The van der Waals surface area contributed by atoms with E-state index in [1.807, 2.05) is 6.92 Å². The molecular weight excluding hydrogens is 250 g/mol. The Morgan fingerprint density at radius 3 is 2.74 bits per heavy atom. The first-order valence-corrected chi connectivity index (χ1v) is 6.34. The van der Waals surface area contributed by atoms with Crippen molar-refractivity contribution in [3.05, 3.63) is 0 Å². The highest BCUT2D eigenvalue weighted by molar-refractivity contribution is 6.39. The van der Waals surface area contributed by atoms with Crippen molar-refractivity contribution >= 4 is 23.5 Å². The summed E-state index contributed by atoms with van der Waals surface area (Å²) in [5.41, 5.74) is 2.60. The smallest absolute Gasteiger partial charge is 0.303 e. The van der Waals surface area contributed by atoms with Crippen LogP contribution in [0.5, 0.6) is 0 Å². The number of carbonyl (C=O) groups is 3. The molecule has 1 heterocycles. The summed E-state index contributed by atoms with van der Waals surface area (Å²) in [6.45, 7) is 2.43. The number of amides is 2. The Morgan fingerprint density at radius 1 is 1.42 bits per heavy atom. The summed E-state index contributed by atoms with van der Waals surface area (Å²) in [6.07, 6.45) is 2.10. The van der Waals surface area contributed by atoms with E-state index in [2.05, 4.69) is 15.8 Å². The molecule has 1 aliphatic heterocycles. The zero-order valence-electron chi connectivity index (χ0n) is 10.9. The summed E-state index contributed by atoms with van der Waals surface area (Å²) >= 11 is 0. The van der Waals surface area contributed by atoms with E-state index >= 15 is 0 Å². The molecule has 0 aromatic rings. The standard InChI is InChI=1S/C12H19N3O4/c1-8(2-5-11(17)18)6-7-13-12(19)9-3-4-10(16)15-14-9/h8H,2-7H2,1H3,(H,13,19)(H,15,16)(H,17,18). The molecule has 0 spiro atoms. The molecule has 0 saturated heterocycles. The van der Waals surface area contributed by atoms with Gasteiger partial charge in [-0.1, -0.05) is 6.92 Å². The third kappa shape index (κ3) is 5.98. The number of carboxylic acids is 1. The normalized spacial score (nSPS) is 16.3. The average Bonchev–Trinajstić information content (AvgIpc) is 2.37. The molecule has 0 fully saturated rings. The fourth-order valence-corrected chi connectivity index (χ4v) is 1.69. The number of nitrogens with one attached hydrogen (secondary N) is 2. The molecule has 0 aromatic carbocycles. The van der Waals surface area contributed by atoms with Gasteiger partial charge in [0, 0.05) is 25.8 Å². The minimum absolute atomic E-state index is 0.147. The number of nitrogens with zero attached hydrogens (tertiary/aromatic N) is 1. The van der Waals surface area contributed by atoms with Gasteiger partial charge in [-0.15, -0.1) is 0 Å².